The van der Waals surface area contributed by atoms with Gasteiger partial charge in [-0.15, -0.1) is 0 Å². The molecule has 8 N–H and O–H groups in total. The molecule has 0 aliphatic rings. The third kappa shape index (κ3) is 614. The van der Waals surface area contributed by atoms with Gasteiger partial charge >= 0.3 is 21.1 Å². The van der Waals surface area contributed by atoms with Gasteiger partial charge in [0.15, 0.2) is 12.5 Å². The number of carbonyl (C=O) groups is 4. The Kier molecular flexibility index (Phi) is 68.2. The fourth-order valence-electron chi connectivity index (χ4n) is 0. The molecule has 0 fully saturated rings. The topological polar surface area (TPSA) is 282 Å². The first-order valence-electron chi connectivity index (χ1n) is 2.95. The van der Waals surface area contributed by atoms with Crippen molar-refractivity contribution in [2.24, 2.45) is 22.9 Å². The van der Waals surface area contributed by atoms with Gasteiger partial charge in [0.1, 0.15) is 24.4 Å². The SMILES string of the molecule is NC(=O)[O-].NC(=O)[O-].NC(=O)[O-].NC(=O)[O-].O=S.[Mo+4]. The average molecular weight is 384 g/mol. The third-order valence-corrected chi connectivity index (χ3v) is 0. The summed E-state index contributed by atoms with van der Waals surface area (Å²) in [4.78, 5) is 34.7. The van der Waals surface area contributed by atoms with Crippen LogP contribution in [-0.2, 0) is 33.6 Å². The zero-order valence-corrected chi connectivity index (χ0v) is 11.6. The summed E-state index contributed by atoms with van der Waals surface area (Å²) in [5.41, 5.74) is 15.7. The van der Waals surface area contributed by atoms with Crippen LogP contribution in [0, 0.1) is 0 Å². The molecule has 0 aliphatic heterocycles. The number of nitrogens with two attached hydrogens (primary N) is 4. The molecule has 13 nitrogen and oxygen atoms in total. The van der Waals surface area contributed by atoms with E-state index >= 15 is 0 Å². The van der Waals surface area contributed by atoms with Crippen LogP contribution in [0.2, 0.25) is 0 Å². The van der Waals surface area contributed by atoms with Crippen LogP contribution in [0.1, 0.15) is 0 Å². The maximum absolute atomic E-state index is 8.67. The molecule has 0 aromatic heterocycles. The zero-order chi connectivity index (χ0) is 16.3. The molecule has 0 aliphatic carbocycles. The molecule has 110 valence electrons. The predicted molar refractivity (Wildman–Crippen MR) is 46.5 cm³/mol. The molecule has 0 rings (SSSR count). The van der Waals surface area contributed by atoms with E-state index in [4.69, 9.17) is 43.8 Å². The summed E-state index contributed by atoms with van der Waals surface area (Å²) < 4.78 is 7.83. The molecule has 0 saturated heterocycles. The summed E-state index contributed by atoms with van der Waals surface area (Å²) in [6.45, 7) is 0. The second-order valence-electron chi connectivity index (χ2n) is 1.28. The summed E-state index contributed by atoms with van der Waals surface area (Å²) in [7, 11) is 0. The fraction of sp³-hybridized carbons (Fsp3) is 0. The monoisotopic (exact) mass is 386 g/mol. The van der Waals surface area contributed by atoms with E-state index in [1.807, 2.05) is 0 Å². The fourth-order valence-corrected chi connectivity index (χ4v) is 0. The van der Waals surface area contributed by atoms with Crippen molar-refractivity contribution in [2.75, 3.05) is 0 Å². The van der Waals surface area contributed by atoms with E-state index in [1.165, 1.54) is 0 Å². The molecule has 0 spiro atoms. The summed E-state index contributed by atoms with van der Waals surface area (Å²) in [5, 5.41) is 34.7. The Morgan fingerprint density at radius 3 is 0.579 bits per heavy atom. The maximum Gasteiger partial charge on any atom is 4.00 e. The maximum atomic E-state index is 8.67. The Morgan fingerprint density at radius 2 is 0.579 bits per heavy atom. The predicted octanol–water partition coefficient (Wildman–Crippen LogP) is -7.19. The summed E-state index contributed by atoms with van der Waals surface area (Å²) >= 11 is 2.83. The minimum Gasteiger partial charge on any atom is -0.530 e. The van der Waals surface area contributed by atoms with Gasteiger partial charge in [0.2, 0.25) is 0 Å². The molecule has 0 saturated carbocycles. The van der Waals surface area contributed by atoms with E-state index < -0.39 is 24.4 Å². The van der Waals surface area contributed by atoms with Crippen LogP contribution in [0.5, 0.6) is 0 Å². The number of carbonyl (C=O) groups excluding carboxylic acids is 4. The number of hydrogen-bond donors (Lipinski definition) is 4. The summed E-state index contributed by atoms with van der Waals surface area (Å²) in [6, 6.07) is 0. The van der Waals surface area contributed by atoms with Gasteiger partial charge in [0, 0.05) is 0 Å². The first-order chi connectivity index (χ1) is 7.93. The number of hydrogen-bond acceptors (Lipinski definition) is 10. The molecule has 4 amide bonds. The Bertz CT molecular complexity index is 188. The van der Waals surface area contributed by atoms with E-state index in [9.17, 15) is 0 Å². The van der Waals surface area contributed by atoms with Crippen LogP contribution in [-0.4, -0.2) is 28.6 Å². The van der Waals surface area contributed by atoms with Crippen molar-refractivity contribution in [3.63, 3.8) is 0 Å². The first kappa shape index (κ1) is 36.0. The van der Waals surface area contributed by atoms with Gasteiger partial charge in [0.05, 0.1) is 0 Å². The minimum atomic E-state index is -1.58. The normalized spacial score (nSPS) is 5.26. The number of carboxylic acid groups (broad SMARTS) is 4. The molecular weight excluding hydrogens is 376 g/mol. The van der Waals surface area contributed by atoms with Crippen LogP contribution in [0.25, 0.3) is 0 Å². The summed E-state index contributed by atoms with van der Waals surface area (Å²) in [5.74, 6) is 0. The van der Waals surface area contributed by atoms with E-state index in [1.54, 1.807) is 0 Å². The Hall–Kier alpha value is -2.21. The zero-order valence-electron chi connectivity index (χ0n) is 8.80. The van der Waals surface area contributed by atoms with E-state index in [0.717, 1.165) is 0 Å². The van der Waals surface area contributed by atoms with Gasteiger partial charge in [-0.2, -0.15) is 4.21 Å². The molecule has 0 bridgehead atoms. The molecule has 0 unspecified atom stereocenters. The molecular formula is C4H8MoN4O9S. The van der Waals surface area contributed by atoms with Crippen LogP contribution in [0.3, 0.4) is 0 Å². The number of rotatable bonds is 0. The third-order valence-electron chi connectivity index (χ3n) is 0. The van der Waals surface area contributed by atoms with Crippen molar-refractivity contribution in [3.05, 3.63) is 0 Å². The van der Waals surface area contributed by atoms with E-state index in [0.29, 0.717) is 0 Å². The molecule has 0 atom stereocenters. The molecule has 0 heterocycles. The first-order valence-corrected chi connectivity index (χ1v) is 3.29. The average Bonchev–Trinajstić information content (AvgIpc) is 2.01. The van der Waals surface area contributed by atoms with Gasteiger partial charge in [-0.25, -0.2) is 0 Å². The number of primary amides is 4. The van der Waals surface area contributed by atoms with Crippen LogP contribution in [0.4, 0.5) is 19.2 Å². The Balaban J connectivity index is -0.0000000279. The Morgan fingerprint density at radius 1 is 0.579 bits per heavy atom. The second-order valence-corrected chi connectivity index (χ2v) is 1.28. The van der Waals surface area contributed by atoms with Crippen molar-refractivity contribution in [1.29, 1.82) is 0 Å². The molecule has 0 radical (unpaired) electrons. The van der Waals surface area contributed by atoms with Gasteiger partial charge in [-0.1, -0.05) is 0 Å². The molecule has 19 heavy (non-hydrogen) atoms. The van der Waals surface area contributed by atoms with Gasteiger partial charge in [-0.3, -0.25) is 0 Å². The van der Waals surface area contributed by atoms with Gasteiger partial charge in [-0.05, 0) is 0 Å². The minimum absolute atomic E-state index is 0. The number of amides is 4. The van der Waals surface area contributed by atoms with Crippen LogP contribution < -0.4 is 43.4 Å². The Labute approximate surface area is 125 Å². The van der Waals surface area contributed by atoms with Crippen molar-refractivity contribution in [2.45, 2.75) is 0 Å². The smallest absolute Gasteiger partial charge is 0.530 e. The molecule has 0 aromatic carbocycles. The van der Waals surface area contributed by atoms with E-state index in [2.05, 4.69) is 35.5 Å². The van der Waals surface area contributed by atoms with Crippen molar-refractivity contribution in [1.82, 2.24) is 0 Å². The molecule has 0 aromatic rings. The van der Waals surface area contributed by atoms with Crippen molar-refractivity contribution in [3.8, 4) is 0 Å². The van der Waals surface area contributed by atoms with Crippen molar-refractivity contribution >= 4 is 36.9 Å². The largest absolute Gasteiger partial charge is 4.00 e. The standard InChI is InChI=1S/4CH3NO2.Mo.OS/c4*2-1(3)4;;1-2/h4*2H2,(H,3,4);;/q;;;;+4;/p-4. The van der Waals surface area contributed by atoms with Gasteiger partial charge in [0.25, 0.3) is 0 Å². The molecule has 15 heteroatoms. The quantitative estimate of drug-likeness (QED) is 0.286. The van der Waals surface area contributed by atoms with Crippen molar-refractivity contribution < 1.29 is 64.9 Å². The summed E-state index contributed by atoms with van der Waals surface area (Å²) in [6.07, 6.45) is -6.33. The second kappa shape index (κ2) is 36.0. The van der Waals surface area contributed by atoms with Crippen LogP contribution in [0.15, 0.2) is 0 Å². The van der Waals surface area contributed by atoms with E-state index in [-0.39, 0.29) is 21.1 Å². The van der Waals surface area contributed by atoms with Crippen LogP contribution >= 0.6 is 0 Å². The van der Waals surface area contributed by atoms with Gasteiger partial charge < -0.3 is 62.5 Å².